The summed E-state index contributed by atoms with van der Waals surface area (Å²) in [7, 11) is 0.426. The molecule has 0 bridgehead atoms. The lowest BCUT2D eigenvalue weighted by molar-refractivity contribution is 0.281. The van der Waals surface area contributed by atoms with E-state index in [1.54, 1.807) is 13.8 Å². The zero-order valence-corrected chi connectivity index (χ0v) is 14.7. The van der Waals surface area contributed by atoms with Gasteiger partial charge in [0.2, 0.25) is 0 Å². The van der Waals surface area contributed by atoms with Crippen molar-refractivity contribution in [3.8, 4) is 0 Å². The van der Waals surface area contributed by atoms with E-state index in [9.17, 15) is 8.42 Å². The maximum Gasteiger partial charge on any atom is 0.267 e. The zero-order chi connectivity index (χ0) is 16.8. The molecule has 1 aromatic carbocycles. The second-order valence-electron chi connectivity index (χ2n) is 6.17. The summed E-state index contributed by atoms with van der Waals surface area (Å²) in [5, 5.41) is 6.81. The maximum atomic E-state index is 13.2. The van der Waals surface area contributed by atoms with Crippen molar-refractivity contribution in [1.82, 2.24) is 15.1 Å². The topological polar surface area (TPSA) is 69.3 Å². The van der Waals surface area contributed by atoms with Gasteiger partial charge in [-0.05, 0) is 46.0 Å². The molecule has 124 valence electrons. The van der Waals surface area contributed by atoms with Crippen LogP contribution in [-0.2, 0) is 10.0 Å². The third-order valence-electron chi connectivity index (χ3n) is 4.40. The second kappa shape index (κ2) is 5.65. The molecular weight excluding hydrogens is 312 g/mol. The summed E-state index contributed by atoms with van der Waals surface area (Å²) in [4.78, 5) is 2.42. The van der Waals surface area contributed by atoms with Gasteiger partial charge in [0.1, 0.15) is 4.90 Å². The van der Waals surface area contributed by atoms with Crippen LogP contribution < -0.4 is 4.31 Å². The van der Waals surface area contributed by atoms with E-state index >= 15 is 0 Å². The molecule has 1 unspecified atom stereocenters. The molecule has 1 aliphatic heterocycles. The quantitative estimate of drug-likeness (QED) is 0.934. The van der Waals surface area contributed by atoms with Crippen LogP contribution >= 0.6 is 0 Å². The van der Waals surface area contributed by atoms with Crippen LogP contribution in [0, 0.1) is 13.8 Å². The van der Waals surface area contributed by atoms with Crippen LogP contribution in [0.25, 0.3) is 0 Å². The van der Waals surface area contributed by atoms with Crippen LogP contribution in [-0.4, -0.2) is 44.2 Å². The Labute approximate surface area is 137 Å². The molecule has 2 aromatic rings. The molecule has 0 aliphatic carbocycles. The number of fused-ring (bicyclic) bond motifs is 1. The third kappa shape index (κ3) is 2.53. The van der Waals surface area contributed by atoms with Gasteiger partial charge in [-0.15, -0.1) is 0 Å². The van der Waals surface area contributed by atoms with Crippen molar-refractivity contribution in [2.45, 2.75) is 31.2 Å². The summed E-state index contributed by atoms with van der Waals surface area (Å²) in [6.45, 7) is 3.92. The fourth-order valence-corrected chi connectivity index (χ4v) is 5.17. The standard InChI is InChI=1S/C16H22N4O2S/c1-11-16(12(2)18-17-11)23(21,22)20-10-9-14(19(3)4)13-7-5-6-8-15(13)20/h5-8,14H,9-10H2,1-4H3,(H,17,18). The average Bonchev–Trinajstić information content (AvgIpc) is 2.85. The van der Waals surface area contributed by atoms with Gasteiger partial charge in [-0.3, -0.25) is 9.40 Å². The molecule has 0 saturated carbocycles. The van der Waals surface area contributed by atoms with Crippen molar-refractivity contribution >= 4 is 15.7 Å². The minimum Gasteiger partial charge on any atom is -0.302 e. The molecular formula is C16H22N4O2S. The SMILES string of the molecule is Cc1n[nH]c(C)c1S(=O)(=O)N1CCC(N(C)C)c2ccccc21. The number of H-pyrrole nitrogens is 1. The van der Waals surface area contributed by atoms with Crippen molar-refractivity contribution in [3.63, 3.8) is 0 Å². The van der Waals surface area contributed by atoms with Gasteiger partial charge < -0.3 is 4.90 Å². The lowest BCUT2D eigenvalue weighted by Crippen LogP contribution is -2.39. The Balaban J connectivity index is 2.13. The van der Waals surface area contributed by atoms with Gasteiger partial charge in [-0.25, -0.2) is 8.42 Å². The van der Waals surface area contributed by atoms with Gasteiger partial charge in [0.25, 0.3) is 10.0 Å². The Hall–Kier alpha value is -1.86. The molecule has 7 heteroatoms. The lowest BCUT2D eigenvalue weighted by atomic mass is 9.97. The minimum absolute atomic E-state index is 0.226. The molecule has 0 saturated heterocycles. The Morgan fingerprint density at radius 3 is 2.57 bits per heavy atom. The minimum atomic E-state index is -3.62. The van der Waals surface area contributed by atoms with E-state index in [2.05, 4.69) is 15.1 Å². The van der Waals surface area contributed by atoms with Gasteiger partial charge in [0.05, 0.1) is 17.1 Å². The second-order valence-corrected chi connectivity index (χ2v) is 7.97. The van der Waals surface area contributed by atoms with E-state index < -0.39 is 10.0 Å². The van der Waals surface area contributed by atoms with Gasteiger partial charge in [-0.2, -0.15) is 5.10 Å². The largest absolute Gasteiger partial charge is 0.302 e. The average molecular weight is 334 g/mol. The first-order valence-corrected chi connectivity index (χ1v) is 9.07. The third-order valence-corrected chi connectivity index (χ3v) is 6.48. The number of hydrogen-bond donors (Lipinski definition) is 1. The molecule has 6 nitrogen and oxygen atoms in total. The molecule has 0 fully saturated rings. The number of aromatic nitrogens is 2. The van der Waals surface area contributed by atoms with Gasteiger partial charge in [0, 0.05) is 12.6 Å². The molecule has 3 rings (SSSR count). The predicted molar refractivity (Wildman–Crippen MR) is 90.1 cm³/mol. The van der Waals surface area contributed by atoms with Gasteiger partial charge in [0.15, 0.2) is 0 Å². The van der Waals surface area contributed by atoms with Crippen LogP contribution in [0.4, 0.5) is 5.69 Å². The first kappa shape index (κ1) is 16.0. The zero-order valence-electron chi connectivity index (χ0n) is 13.9. The number of nitrogens with one attached hydrogen (secondary N) is 1. The Bertz CT molecular complexity index is 807. The van der Waals surface area contributed by atoms with Gasteiger partial charge in [-0.1, -0.05) is 18.2 Å². The van der Waals surface area contributed by atoms with Gasteiger partial charge >= 0.3 is 0 Å². The number of anilines is 1. The van der Waals surface area contributed by atoms with E-state index in [1.807, 2.05) is 38.4 Å². The highest BCUT2D eigenvalue weighted by molar-refractivity contribution is 7.93. The van der Waals surface area contributed by atoms with E-state index in [-0.39, 0.29) is 10.9 Å². The van der Waals surface area contributed by atoms with E-state index in [4.69, 9.17) is 0 Å². The van der Waals surface area contributed by atoms with Crippen LogP contribution in [0.2, 0.25) is 0 Å². The number of benzene rings is 1. The Morgan fingerprint density at radius 2 is 1.96 bits per heavy atom. The number of rotatable bonds is 3. The fourth-order valence-electron chi connectivity index (χ4n) is 3.33. The van der Waals surface area contributed by atoms with Crippen LogP contribution in [0.15, 0.2) is 29.2 Å². The molecule has 0 spiro atoms. The molecule has 23 heavy (non-hydrogen) atoms. The summed E-state index contributed by atoms with van der Waals surface area (Å²) in [5.41, 5.74) is 2.90. The fraction of sp³-hybridized carbons (Fsp3) is 0.438. The number of aryl methyl sites for hydroxylation is 2. The molecule has 0 radical (unpaired) electrons. The van der Waals surface area contributed by atoms with Crippen LogP contribution in [0.1, 0.15) is 29.4 Å². The molecule has 1 aliphatic rings. The normalized spacial score (nSPS) is 18.3. The highest BCUT2D eigenvalue weighted by Crippen LogP contribution is 2.39. The highest BCUT2D eigenvalue weighted by atomic mass is 32.2. The van der Waals surface area contributed by atoms with E-state index in [0.717, 1.165) is 17.7 Å². The highest BCUT2D eigenvalue weighted by Gasteiger charge is 2.36. The summed E-state index contributed by atoms with van der Waals surface area (Å²) in [6.07, 6.45) is 0.763. The smallest absolute Gasteiger partial charge is 0.267 e. The summed E-state index contributed by atoms with van der Waals surface area (Å²) < 4.78 is 27.9. The monoisotopic (exact) mass is 334 g/mol. The lowest BCUT2D eigenvalue weighted by Gasteiger charge is -2.37. The number of sulfonamides is 1. The molecule has 1 atom stereocenters. The first-order valence-electron chi connectivity index (χ1n) is 7.63. The van der Waals surface area contributed by atoms with Crippen molar-refractivity contribution in [3.05, 3.63) is 41.2 Å². The molecule has 2 heterocycles. The van der Waals surface area contributed by atoms with Crippen molar-refractivity contribution in [2.24, 2.45) is 0 Å². The summed E-state index contributed by atoms with van der Waals surface area (Å²) in [5.74, 6) is 0. The van der Waals surface area contributed by atoms with Crippen molar-refractivity contribution in [1.29, 1.82) is 0 Å². The number of hydrogen-bond acceptors (Lipinski definition) is 4. The number of aromatic amines is 1. The molecule has 0 amide bonds. The molecule has 1 aromatic heterocycles. The maximum absolute atomic E-state index is 13.2. The first-order chi connectivity index (χ1) is 10.8. The summed E-state index contributed by atoms with van der Waals surface area (Å²) in [6, 6.07) is 7.96. The van der Waals surface area contributed by atoms with E-state index in [1.165, 1.54) is 4.31 Å². The Kier molecular flexibility index (Phi) is 3.93. The number of nitrogens with zero attached hydrogens (tertiary/aromatic N) is 3. The van der Waals surface area contributed by atoms with Crippen molar-refractivity contribution in [2.75, 3.05) is 24.9 Å². The number of para-hydroxylation sites is 1. The Morgan fingerprint density at radius 1 is 1.26 bits per heavy atom. The van der Waals surface area contributed by atoms with Crippen LogP contribution in [0.5, 0.6) is 0 Å². The summed E-state index contributed by atoms with van der Waals surface area (Å²) >= 11 is 0. The van der Waals surface area contributed by atoms with Crippen LogP contribution in [0.3, 0.4) is 0 Å². The van der Waals surface area contributed by atoms with Crippen molar-refractivity contribution < 1.29 is 8.42 Å². The predicted octanol–water partition coefficient (Wildman–Crippen LogP) is 2.23. The van der Waals surface area contributed by atoms with E-state index in [0.29, 0.717) is 17.9 Å². The molecule has 1 N–H and O–H groups in total.